The van der Waals surface area contributed by atoms with Gasteiger partial charge >= 0.3 is 0 Å². The third-order valence-electron chi connectivity index (χ3n) is 3.87. The molecule has 24 heavy (non-hydrogen) atoms. The first kappa shape index (κ1) is 16.2. The Hall–Kier alpha value is -2.67. The van der Waals surface area contributed by atoms with Gasteiger partial charge in [-0.25, -0.2) is 0 Å². The molecule has 1 saturated carbocycles. The van der Waals surface area contributed by atoms with Crippen LogP contribution in [-0.4, -0.2) is 35.1 Å². The van der Waals surface area contributed by atoms with Gasteiger partial charge in [0.25, 0.3) is 5.91 Å². The third-order valence-corrected chi connectivity index (χ3v) is 3.87. The van der Waals surface area contributed by atoms with Crippen LogP contribution >= 0.6 is 0 Å². The molecule has 1 atom stereocenters. The van der Waals surface area contributed by atoms with Gasteiger partial charge in [0, 0.05) is 6.07 Å². The van der Waals surface area contributed by atoms with Crippen molar-refractivity contribution in [1.82, 2.24) is 20.8 Å². The van der Waals surface area contributed by atoms with Gasteiger partial charge in [-0.05, 0) is 30.9 Å². The number of aromatic amines is 1. The second-order valence-electron chi connectivity index (χ2n) is 5.95. The number of benzene rings is 1. The lowest BCUT2D eigenvalue weighted by atomic mass is 10.1. The monoisotopic (exact) mass is 327 g/mol. The second kappa shape index (κ2) is 7.74. The molecule has 1 fully saturated rings. The van der Waals surface area contributed by atoms with E-state index in [9.17, 15) is 9.59 Å². The number of carbonyl (C=O) groups is 2. The lowest BCUT2D eigenvalue weighted by Crippen LogP contribution is -2.41. The van der Waals surface area contributed by atoms with Crippen molar-refractivity contribution in [2.45, 2.75) is 18.9 Å². The molecule has 7 heteroatoms. The molecule has 0 saturated heterocycles. The Morgan fingerprint density at radius 2 is 2.00 bits per heavy atom. The van der Waals surface area contributed by atoms with Crippen LogP contribution in [-0.2, 0) is 9.59 Å². The molecule has 1 aliphatic rings. The van der Waals surface area contributed by atoms with Crippen molar-refractivity contribution in [1.29, 1.82) is 0 Å². The predicted octanol–water partition coefficient (Wildman–Crippen LogP) is 1.21. The van der Waals surface area contributed by atoms with E-state index in [0.29, 0.717) is 11.7 Å². The van der Waals surface area contributed by atoms with Gasteiger partial charge in [0.1, 0.15) is 11.9 Å². The molecule has 1 aromatic carbocycles. The fourth-order valence-electron chi connectivity index (χ4n) is 2.40. The van der Waals surface area contributed by atoms with Crippen molar-refractivity contribution < 1.29 is 9.59 Å². The highest BCUT2D eigenvalue weighted by Crippen LogP contribution is 2.27. The predicted molar refractivity (Wildman–Crippen MR) is 90.1 cm³/mol. The molecule has 3 rings (SSSR count). The van der Waals surface area contributed by atoms with Gasteiger partial charge in [0.15, 0.2) is 0 Å². The Balaban J connectivity index is 1.62. The summed E-state index contributed by atoms with van der Waals surface area (Å²) in [6.45, 7) is 1.06. The van der Waals surface area contributed by atoms with E-state index < -0.39 is 6.04 Å². The molecule has 0 spiro atoms. The Kier molecular flexibility index (Phi) is 5.22. The van der Waals surface area contributed by atoms with Gasteiger partial charge in [0.2, 0.25) is 5.91 Å². The van der Waals surface area contributed by atoms with E-state index in [0.717, 1.165) is 12.1 Å². The minimum absolute atomic E-state index is 0.204. The second-order valence-corrected chi connectivity index (χ2v) is 5.95. The normalized spacial score (nSPS) is 14.8. The van der Waals surface area contributed by atoms with E-state index in [1.165, 1.54) is 12.8 Å². The lowest BCUT2D eigenvalue weighted by Gasteiger charge is -2.18. The smallest absolute Gasteiger partial charge is 0.252 e. The van der Waals surface area contributed by atoms with Gasteiger partial charge in [-0.15, -0.1) is 0 Å². The summed E-state index contributed by atoms with van der Waals surface area (Å²) < 4.78 is 0. The van der Waals surface area contributed by atoms with Crippen LogP contribution in [0.5, 0.6) is 0 Å². The molecule has 1 unspecified atom stereocenters. The molecular weight excluding hydrogens is 306 g/mol. The Bertz CT molecular complexity index is 668. The number of aromatic nitrogens is 2. The molecule has 2 aromatic rings. The highest BCUT2D eigenvalue weighted by Gasteiger charge is 2.24. The van der Waals surface area contributed by atoms with E-state index in [2.05, 4.69) is 26.1 Å². The third kappa shape index (κ3) is 4.66. The minimum Gasteiger partial charge on any atom is -0.339 e. The first-order valence-electron chi connectivity index (χ1n) is 8.07. The molecule has 4 N–H and O–H groups in total. The number of nitrogens with zero attached hydrogens (tertiary/aromatic N) is 1. The van der Waals surface area contributed by atoms with Crippen LogP contribution in [0.25, 0.3) is 0 Å². The molecule has 0 aliphatic heterocycles. The SMILES string of the molecule is O=C(CNCC1CC1)NC(C(=O)Nc1ccn[nH]1)c1ccccc1. The zero-order valence-corrected chi connectivity index (χ0v) is 13.3. The maximum atomic E-state index is 12.5. The van der Waals surface area contributed by atoms with Gasteiger partial charge in [-0.1, -0.05) is 30.3 Å². The topological polar surface area (TPSA) is 98.9 Å². The zero-order chi connectivity index (χ0) is 16.8. The summed E-state index contributed by atoms with van der Waals surface area (Å²) in [4.78, 5) is 24.7. The molecule has 126 valence electrons. The number of hydrogen-bond acceptors (Lipinski definition) is 4. The van der Waals surface area contributed by atoms with E-state index in [1.54, 1.807) is 12.3 Å². The summed E-state index contributed by atoms with van der Waals surface area (Å²) in [5.74, 6) is 0.665. The van der Waals surface area contributed by atoms with Crippen LogP contribution in [0.15, 0.2) is 42.6 Å². The van der Waals surface area contributed by atoms with Crippen LogP contribution in [0.2, 0.25) is 0 Å². The molecule has 1 aromatic heterocycles. The number of anilines is 1. The zero-order valence-electron chi connectivity index (χ0n) is 13.3. The van der Waals surface area contributed by atoms with Crippen LogP contribution in [0.3, 0.4) is 0 Å². The lowest BCUT2D eigenvalue weighted by molar-refractivity contribution is -0.126. The quantitative estimate of drug-likeness (QED) is 0.585. The number of carbonyl (C=O) groups excluding carboxylic acids is 2. The molecule has 0 bridgehead atoms. The summed E-state index contributed by atoms with van der Waals surface area (Å²) in [6.07, 6.45) is 4.01. The summed E-state index contributed by atoms with van der Waals surface area (Å²) in [5.41, 5.74) is 0.727. The van der Waals surface area contributed by atoms with Gasteiger partial charge in [-0.3, -0.25) is 14.7 Å². The molecule has 1 heterocycles. The standard InChI is InChI=1S/C17H21N5O2/c23-15(11-18-10-12-6-7-12)21-16(13-4-2-1-3-5-13)17(24)20-14-8-9-19-22-14/h1-5,8-9,12,16,18H,6-7,10-11H2,(H,21,23)(H2,19,20,22,24). The van der Waals surface area contributed by atoms with E-state index >= 15 is 0 Å². The van der Waals surface area contributed by atoms with E-state index in [1.807, 2.05) is 30.3 Å². The number of hydrogen-bond donors (Lipinski definition) is 4. The van der Waals surface area contributed by atoms with Crippen LogP contribution in [0.4, 0.5) is 5.82 Å². The molecule has 7 nitrogen and oxygen atoms in total. The first-order valence-corrected chi connectivity index (χ1v) is 8.07. The minimum atomic E-state index is -0.760. The van der Waals surface area contributed by atoms with Crippen LogP contribution < -0.4 is 16.0 Å². The molecule has 2 amide bonds. The maximum Gasteiger partial charge on any atom is 0.252 e. The fourth-order valence-corrected chi connectivity index (χ4v) is 2.40. The number of nitrogens with one attached hydrogen (secondary N) is 4. The Labute approximate surface area is 140 Å². The van der Waals surface area contributed by atoms with Crippen LogP contribution in [0.1, 0.15) is 24.4 Å². The first-order chi connectivity index (χ1) is 11.7. The summed E-state index contributed by atoms with van der Waals surface area (Å²) in [7, 11) is 0. The number of H-pyrrole nitrogens is 1. The van der Waals surface area contributed by atoms with Crippen molar-refractivity contribution in [3.05, 3.63) is 48.2 Å². The van der Waals surface area contributed by atoms with E-state index in [4.69, 9.17) is 0 Å². The van der Waals surface area contributed by atoms with Gasteiger partial charge < -0.3 is 16.0 Å². The van der Waals surface area contributed by atoms with Crippen molar-refractivity contribution in [3.8, 4) is 0 Å². The average molecular weight is 327 g/mol. The summed E-state index contributed by atoms with van der Waals surface area (Å²) in [5, 5.41) is 15.1. The van der Waals surface area contributed by atoms with Crippen molar-refractivity contribution in [3.63, 3.8) is 0 Å². The van der Waals surface area contributed by atoms with Crippen LogP contribution in [0, 0.1) is 5.92 Å². The molecule has 0 radical (unpaired) electrons. The average Bonchev–Trinajstić information content (AvgIpc) is 3.27. The van der Waals surface area contributed by atoms with Crippen molar-refractivity contribution >= 4 is 17.6 Å². The highest BCUT2D eigenvalue weighted by molar-refractivity contribution is 5.97. The number of rotatable bonds is 8. The molecule has 1 aliphatic carbocycles. The fraction of sp³-hybridized carbons (Fsp3) is 0.353. The Morgan fingerprint density at radius 3 is 2.67 bits per heavy atom. The van der Waals surface area contributed by atoms with Crippen molar-refractivity contribution in [2.75, 3.05) is 18.4 Å². The maximum absolute atomic E-state index is 12.5. The largest absolute Gasteiger partial charge is 0.339 e. The number of amides is 2. The molecular formula is C17H21N5O2. The summed E-state index contributed by atoms with van der Waals surface area (Å²) in [6, 6.07) is 10.1. The van der Waals surface area contributed by atoms with Crippen molar-refractivity contribution in [2.24, 2.45) is 5.92 Å². The highest BCUT2D eigenvalue weighted by atomic mass is 16.2. The van der Waals surface area contributed by atoms with Gasteiger partial charge in [-0.2, -0.15) is 5.10 Å². The summed E-state index contributed by atoms with van der Waals surface area (Å²) >= 11 is 0. The van der Waals surface area contributed by atoms with E-state index in [-0.39, 0.29) is 18.4 Å². The Morgan fingerprint density at radius 1 is 1.21 bits per heavy atom. The van der Waals surface area contributed by atoms with Gasteiger partial charge in [0.05, 0.1) is 12.7 Å².